The largest absolute Gasteiger partial charge is 0.311 e. The van der Waals surface area contributed by atoms with Crippen LogP contribution in [0.3, 0.4) is 0 Å². The summed E-state index contributed by atoms with van der Waals surface area (Å²) in [7, 11) is 2.18. The normalized spacial score (nSPS) is 30.8. The smallest absolute Gasteiger partial charge is 0.0866 e. The van der Waals surface area contributed by atoms with Gasteiger partial charge in [-0.2, -0.15) is 0 Å². The van der Waals surface area contributed by atoms with E-state index in [1.54, 1.807) is 0 Å². The van der Waals surface area contributed by atoms with Crippen molar-refractivity contribution in [2.45, 2.75) is 32.9 Å². The third kappa shape index (κ3) is 4.02. The van der Waals surface area contributed by atoms with E-state index in [9.17, 15) is 4.39 Å². The minimum atomic E-state index is -0.250. The second-order valence-electron chi connectivity index (χ2n) is 3.23. The Bertz CT molecular complexity index is 98.7. The summed E-state index contributed by atoms with van der Waals surface area (Å²) in [5.41, 5.74) is 0. The number of halogens is 1. The fraction of sp³-hybridized carbons (Fsp3) is 1.00. The third-order valence-corrected chi connectivity index (χ3v) is 2.35. The molecule has 2 nitrogen and oxygen atoms in total. The van der Waals surface area contributed by atoms with E-state index in [-0.39, 0.29) is 6.67 Å². The molecule has 0 aromatic rings. The Kier molecular flexibility index (Phi) is 6.30. The molecular formula is C9H21FN2. The molecule has 1 aliphatic heterocycles. The predicted molar refractivity (Wildman–Crippen MR) is 51.2 cm³/mol. The van der Waals surface area contributed by atoms with Crippen LogP contribution in [0.25, 0.3) is 0 Å². The van der Waals surface area contributed by atoms with Gasteiger partial charge in [0, 0.05) is 25.2 Å². The standard InChI is InChI=1S/C7H16N2.C2H5F/c1-6-7(2)9(3)5-4-8-6;1-2-3/h6-8H,4-5H2,1-3H3;2H2,1H3/t6-,7-;/m0./s1. The summed E-state index contributed by atoms with van der Waals surface area (Å²) >= 11 is 0. The van der Waals surface area contributed by atoms with Crippen LogP contribution in [-0.2, 0) is 0 Å². The summed E-state index contributed by atoms with van der Waals surface area (Å²) in [4.78, 5) is 2.39. The zero-order valence-electron chi connectivity index (χ0n) is 8.60. The number of alkyl halides is 1. The molecule has 0 aliphatic carbocycles. The minimum absolute atomic E-state index is 0.250. The molecule has 0 amide bonds. The summed E-state index contributed by atoms with van der Waals surface area (Å²) in [6, 6.07) is 1.35. The van der Waals surface area contributed by atoms with Crippen LogP contribution in [0, 0.1) is 0 Å². The Morgan fingerprint density at radius 2 is 2.00 bits per heavy atom. The molecule has 0 aromatic heterocycles. The number of hydrogen-bond donors (Lipinski definition) is 1. The lowest BCUT2D eigenvalue weighted by Gasteiger charge is -2.35. The van der Waals surface area contributed by atoms with Crippen molar-refractivity contribution < 1.29 is 4.39 Å². The molecule has 0 aromatic carbocycles. The van der Waals surface area contributed by atoms with Crippen molar-refractivity contribution in [1.82, 2.24) is 10.2 Å². The summed E-state index contributed by atoms with van der Waals surface area (Å²) in [5, 5.41) is 3.42. The van der Waals surface area contributed by atoms with Crippen molar-refractivity contribution in [3.05, 3.63) is 0 Å². The van der Waals surface area contributed by atoms with Crippen molar-refractivity contribution in [1.29, 1.82) is 0 Å². The molecule has 0 unspecified atom stereocenters. The second-order valence-corrected chi connectivity index (χ2v) is 3.23. The average molecular weight is 176 g/mol. The first kappa shape index (κ1) is 11.8. The number of rotatable bonds is 0. The van der Waals surface area contributed by atoms with Gasteiger partial charge in [0.2, 0.25) is 0 Å². The highest BCUT2D eigenvalue weighted by molar-refractivity contribution is 4.80. The number of hydrogen-bond acceptors (Lipinski definition) is 2. The fourth-order valence-corrected chi connectivity index (χ4v) is 1.22. The van der Waals surface area contributed by atoms with E-state index >= 15 is 0 Å². The van der Waals surface area contributed by atoms with Crippen molar-refractivity contribution in [2.75, 3.05) is 26.8 Å². The monoisotopic (exact) mass is 176 g/mol. The van der Waals surface area contributed by atoms with Gasteiger partial charge >= 0.3 is 0 Å². The van der Waals surface area contributed by atoms with Gasteiger partial charge in [-0.25, -0.2) is 0 Å². The van der Waals surface area contributed by atoms with E-state index in [1.807, 2.05) is 0 Å². The molecule has 1 N–H and O–H groups in total. The Balaban J connectivity index is 0.000000354. The maximum absolute atomic E-state index is 10.3. The lowest BCUT2D eigenvalue weighted by atomic mass is 10.1. The quantitative estimate of drug-likeness (QED) is 0.598. The topological polar surface area (TPSA) is 15.3 Å². The maximum atomic E-state index is 10.3. The Morgan fingerprint density at radius 1 is 1.50 bits per heavy atom. The molecule has 1 heterocycles. The molecule has 0 radical (unpaired) electrons. The van der Waals surface area contributed by atoms with Gasteiger partial charge in [0.15, 0.2) is 0 Å². The molecule has 1 aliphatic rings. The molecule has 1 fully saturated rings. The van der Waals surface area contributed by atoms with Gasteiger partial charge in [-0.3, -0.25) is 4.39 Å². The van der Waals surface area contributed by atoms with Crippen LogP contribution in [0.4, 0.5) is 4.39 Å². The number of nitrogens with one attached hydrogen (secondary N) is 1. The van der Waals surface area contributed by atoms with E-state index in [1.165, 1.54) is 13.5 Å². The van der Waals surface area contributed by atoms with Gasteiger partial charge in [-0.05, 0) is 27.8 Å². The van der Waals surface area contributed by atoms with Crippen LogP contribution in [0.2, 0.25) is 0 Å². The average Bonchev–Trinajstić information content (AvgIpc) is 2.02. The van der Waals surface area contributed by atoms with Gasteiger partial charge in [0.1, 0.15) is 0 Å². The van der Waals surface area contributed by atoms with Crippen molar-refractivity contribution in [2.24, 2.45) is 0 Å². The van der Waals surface area contributed by atoms with Crippen LogP contribution in [0.5, 0.6) is 0 Å². The lowest BCUT2D eigenvalue weighted by Crippen LogP contribution is -2.53. The lowest BCUT2D eigenvalue weighted by molar-refractivity contribution is 0.172. The molecule has 1 rings (SSSR count). The van der Waals surface area contributed by atoms with Crippen molar-refractivity contribution >= 4 is 0 Å². The third-order valence-electron chi connectivity index (χ3n) is 2.35. The number of piperazine rings is 1. The number of likely N-dealkylation sites (N-methyl/N-ethyl adjacent to an activating group) is 1. The SMILES string of the molecule is CCF.C[C@@H]1NCCN(C)[C@H]1C. The molecule has 0 saturated carbocycles. The van der Waals surface area contributed by atoms with Crippen LogP contribution in [-0.4, -0.2) is 43.8 Å². The maximum Gasteiger partial charge on any atom is 0.0866 e. The summed E-state index contributed by atoms with van der Waals surface area (Å²) in [6.45, 7) is 8.03. The molecule has 2 atom stereocenters. The Labute approximate surface area is 75.1 Å². The zero-order valence-corrected chi connectivity index (χ0v) is 8.60. The van der Waals surface area contributed by atoms with E-state index < -0.39 is 0 Å². The summed E-state index contributed by atoms with van der Waals surface area (Å²) in [6.07, 6.45) is 0. The van der Waals surface area contributed by atoms with Crippen LogP contribution in [0.15, 0.2) is 0 Å². The van der Waals surface area contributed by atoms with Gasteiger partial charge in [-0.1, -0.05) is 0 Å². The van der Waals surface area contributed by atoms with Crippen LogP contribution in [0.1, 0.15) is 20.8 Å². The predicted octanol–water partition coefficient (Wildman–Crippen LogP) is 1.27. The van der Waals surface area contributed by atoms with Crippen LogP contribution >= 0.6 is 0 Å². The van der Waals surface area contributed by atoms with Crippen LogP contribution < -0.4 is 5.32 Å². The summed E-state index contributed by atoms with van der Waals surface area (Å²) < 4.78 is 10.3. The zero-order chi connectivity index (χ0) is 9.56. The van der Waals surface area contributed by atoms with E-state index in [0.717, 1.165) is 6.54 Å². The minimum Gasteiger partial charge on any atom is -0.311 e. The van der Waals surface area contributed by atoms with Gasteiger partial charge < -0.3 is 10.2 Å². The Hall–Kier alpha value is -0.150. The van der Waals surface area contributed by atoms with E-state index in [0.29, 0.717) is 12.1 Å². The molecule has 12 heavy (non-hydrogen) atoms. The molecule has 74 valence electrons. The van der Waals surface area contributed by atoms with Gasteiger partial charge in [0.25, 0.3) is 0 Å². The molecule has 1 saturated heterocycles. The molecule has 0 spiro atoms. The highest BCUT2D eigenvalue weighted by Gasteiger charge is 2.19. The molecular weight excluding hydrogens is 155 g/mol. The highest BCUT2D eigenvalue weighted by atomic mass is 19.1. The van der Waals surface area contributed by atoms with Crippen molar-refractivity contribution in [3.63, 3.8) is 0 Å². The molecule has 3 heteroatoms. The molecule has 0 bridgehead atoms. The summed E-state index contributed by atoms with van der Waals surface area (Å²) in [5.74, 6) is 0. The fourth-order valence-electron chi connectivity index (χ4n) is 1.22. The van der Waals surface area contributed by atoms with E-state index in [4.69, 9.17) is 0 Å². The first-order valence-corrected chi connectivity index (χ1v) is 4.63. The van der Waals surface area contributed by atoms with Crippen molar-refractivity contribution in [3.8, 4) is 0 Å². The van der Waals surface area contributed by atoms with Gasteiger partial charge in [-0.15, -0.1) is 0 Å². The van der Waals surface area contributed by atoms with Gasteiger partial charge in [0.05, 0.1) is 6.67 Å². The first-order valence-electron chi connectivity index (χ1n) is 4.63. The number of nitrogens with zero attached hydrogens (tertiary/aromatic N) is 1. The van der Waals surface area contributed by atoms with E-state index in [2.05, 4.69) is 31.1 Å². The first-order chi connectivity index (χ1) is 5.63. The highest BCUT2D eigenvalue weighted by Crippen LogP contribution is 2.04. The second kappa shape index (κ2) is 6.38. The Morgan fingerprint density at radius 3 is 2.33 bits per heavy atom.